The molecule has 2 N–H and O–H groups in total. The van der Waals surface area contributed by atoms with Crippen LogP contribution in [0.3, 0.4) is 0 Å². The van der Waals surface area contributed by atoms with E-state index in [9.17, 15) is 4.39 Å². The van der Waals surface area contributed by atoms with Crippen LogP contribution >= 0.6 is 0 Å². The number of rotatable bonds is 1. The molecule has 1 aromatic heterocycles. The first-order chi connectivity index (χ1) is 9.86. The Morgan fingerprint density at radius 3 is 2.43 bits per heavy atom. The van der Waals surface area contributed by atoms with Crippen LogP contribution in [0.2, 0.25) is 0 Å². The van der Waals surface area contributed by atoms with Gasteiger partial charge in [0.15, 0.2) is 0 Å². The summed E-state index contributed by atoms with van der Waals surface area (Å²) in [7, 11) is 0. The van der Waals surface area contributed by atoms with Gasteiger partial charge >= 0.3 is 0 Å². The molecule has 1 aliphatic heterocycles. The number of fused-ring (bicyclic) bond motifs is 1. The van der Waals surface area contributed by atoms with Gasteiger partial charge in [0.25, 0.3) is 0 Å². The van der Waals surface area contributed by atoms with Crippen LogP contribution in [-0.2, 0) is 13.1 Å². The van der Waals surface area contributed by atoms with Crippen molar-refractivity contribution in [3.63, 3.8) is 0 Å². The number of halogens is 1. The summed E-state index contributed by atoms with van der Waals surface area (Å²) in [5.41, 5.74) is 7.96. The molecular formula is C16H21FN4. The number of hydrogen-bond donors (Lipinski definition) is 1. The molecule has 0 amide bonds. The third-order valence-corrected chi connectivity index (χ3v) is 4.08. The molecule has 1 aromatic carbocycles. The van der Waals surface area contributed by atoms with Gasteiger partial charge in [-0.15, -0.1) is 0 Å². The molecule has 5 heteroatoms. The molecule has 0 spiro atoms. The molecule has 0 saturated carbocycles. The maximum absolute atomic E-state index is 13.0. The molecule has 112 valence electrons. The second-order valence-electron chi connectivity index (χ2n) is 6.51. The fourth-order valence-electron chi connectivity index (χ4n) is 2.75. The quantitative estimate of drug-likeness (QED) is 0.877. The van der Waals surface area contributed by atoms with Crippen molar-refractivity contribution in [2.75, 3.05) is 12.3 Å². The standard InChI is InChI=1S/C16H21FN4/c1-16(2,3)20-8-9-21-13(10-20)19-14(15(21)18)11-4-6-12(17)7-5-11/h4-7H,8-10,18H2,1-3H3. The second kappa shape index (κ2) is 4.84. The van der Waals surface area contributed by atoms with E-state index in [1.54, 1.807) is 12.1 Å². The highest BCUT2D eigenvalue weighted by Crippen LogP contribution is 2.30. The summed E-state index contributed by atoms with van der Waals surface area (Å²) in [4.78, 5) is 7.08. The van der Waals surface area contributed by atoms with E-state index in [1.807, 2.05) is 0 Å². The summed E-state index contributed by atoms with van der Waals surface area (Å²) in [6, 6.07) is 6.33. The van der Waals surface area contributed by atoms with Gasteiger partial charge in [-0.05, 0) is 45.0 Å². The topological polar surface area (TPSA) is 47.1 Å². The molecule has 0 unspecified atom stereocenters. The van der Waals surface area contributed by atoms with Gasteiger partial charge in [0.1, 0.15) is 23.2 Å². The van der Waals surface area contributed by atoms with Crippen molar-refractivity contribution >= 4 is 5.82 Å². The number of nitrogens with zero attached hydrogens (tertiary/aromatic N) is 3. The lowest BCUT2D eigenvalue weighted by atomic mass is 10.1. The Balaban J connectivity index is 1.97. The van der Waals surface area contributed by atoms with Crippen LogP contribution in [0, 0.1) is 5.82 Å². The maximum atomic E-state index is 13.0. The van der Waals surface area contributed by atoms with Gasteiger partial charge in [0.05, 0.1) is 6.54 Å². The fraction of sp³-hybridized carbons (Fsp3) is 0.438. The lowest BCUT2D eigenvalue weighted by Crippen LogP contribution is -2.45. The van der Waals surface area contributed by atoms with E-state index in [-0.39, 0.29) is 11.4 Å². The van der Waals surface area contributed by atoms with E-state index >= 15 is 0 Å². The van der Waals surface area contributed by atoms with Gasteiger partial charge in [-0.2, -0.15) is 0 Å². The highest BCUT2D eigenvalue weighted by atomic mass is 19.1. The first kappa shape index (κ1) is 14.1. The zero-order valence-electron chi connectivity index (χ0n) is 12.7. The maximum Gasteiger partial charge on any atom is 0.131 e. The Labute approximate surface area is 124 Å². The van der Waals surface area contributed by atoms with E-state index < -0.39 is 0 Å². The largest absolute Gasteiger partial charge is 0.383 e. The van der Waals surface area contributed by atoms with Gasteiger partial charge in [0, 0.05) is 24.2 Å². The molecule has 0 fully saturated rings. The van der Waals surface area contributed by atoms with Gasteiger partial charge in [-0.3, -0.25) is 4.90 Å². The summed E-state index contributed by atoms with van der Waals surface area (Å²) in [6.45, 7) is 9.20. The Morgan fingerprint density at radius 2 is 1.81 bits per heavy atom. The smallest absolute Gasteiger partial charge is 0.131 e. The summed E-state index contributed by atoms with van der Waals surface area (Å²) in [5, 5.41) is 0. The Bertz CT molecular complexity index is 652. The number of anilines is 1. The average Bonchev–Trinajstić information content (AvgIpc) is 2.76. The molecule has 2 aromatic rings. The Morgan fingerprint density at radius 1 is 1.14 bits per heavy atom. The lowest BCUT2D eigenvalue weighted by Gasteiger charge is -2.38. The van der Waals surface area contributed by atoms with Crippen LogP contribution in [0.25, 0.3) is 11.3 Å². The Kier molecular flexibility index (Phi) is 3.24. The number of aromatic nitrogens is 2. The number of hydrogen-bond acceptors (Lipinski definition) is 3. The van der Waals surface area contributed by atoms with Crippen molar-refractivity contribution in [2.45, 2.75) is 39.4 Å². The van der Waals surface area contributed by atoms with Crippen LogP contribution in [0.1, 0.15) is 26.6 Å². The summed E-state index contributed by atoms with van der Waals surface area (Å²) < 4.78 is 15.1. The molecule has 0 aliphatic carbocycles. The molecule has 4 nitrogen and oxygen atoms in total. The monoisotopic (exact) mass is 288 g/mol. The predicted octanol–water partition coefficient (Wildman–Crippen LogP) is 2.89. The number of benzene rings is 1. The first-order valence-corrected chi connectivity index (χ1v) is 7.22. The van der Waals surface area contributed by atoms with Gasteiger partial charge in [0.2, 0.25) is 0 Å². The molecule has 1 aliphatic rings. The third-order valence-electron chi connectivity index (χ3n) is 4.08. The van der Waals surface area contributed by atoms with Crippen molar-refractivity contribution in [3.05, 3.63) is 35.9 Å². The fourth-order valence-corrected chi connectivity index (χ4v) is 2.75. The molecule has 3 rings (SSSR count). The first-order valence-electron chi connectivity index (χ1n) is 7.22. The number of nitrogens with two attached hydrogens (primary N) is 1. The minimum Gasteiger partial charge on any atom is -0.383 e. The zero-order chi connectivity index (χ0) is 15.2. The SMILES string of the molecule is CC(C)(C)N1CCn2c(nc(-c3ccc(F)cc3)c2N)C1. The predicted molar refractivity (Wildman–Crippen MR) is 82.2 cm³/mol. The van der Waals surface area contributed by atoms with Crippen molar-refractivity contribution in [3.8, 4) is 11.3 Å². The summed E-state index contributed by atoms with van der Waals surface area (Å²) >= 11 is 0. The highest BCUT2D eigenvalue weighted by molar-refractivity contribution is 5.71. The van der Waals surface area contributed by atoms with Crippen LogP contribution in [0.4, 0.5) is 10.2 Å². The van der Waals surface area contributed by atoms with E-state index in [0.717, 1.165) is 36.7 Å². The van der Waals surface area contributed by atoms with Gasteiger partial charge in [-0.25, -0.2) is 9.37 Å². The normalized spacial score (nSPS) is 16.0. The second-order valence-corrected chi connectivity index (χ2v) is 6.51. The molecule has 0 atom stereocenters. The zero-order valence-corrected chi connectivity index (χ0v) is 12.7. The molecule has 2 heterocycles. The van der Waals surface area contributed by atoms with E-state index in [4.69, 9.17) is 5.73 Å². The van der Waals surface area contributed by atoms with E-state index in [2.05, 4.69) is 35.2 Å². The van der Waals surface area contributed by atoms with Crippen molar-refractivity contribution in [1.29, 1.82) is 0 Å². The molecule has 0 radical (unpaired) electrons. The van der Waals surface area contributed by atoms with Crippen LogP contribution in [0.5, 0.6) is 0 Å². The Hall–Kier alpha value is -1.88. The lowest BCUT2D eigenvalue weighted by molar-refractivity contribution is 0.101. The molecular weight excluding hydrogens is 267 g/mol. The van der Waals surface area contributed by atoms with Gasteiger partial charge in [-0.1, -0.05) is 0 Å². The highest BCUT2D eigenvalue weighted by Gasteiger charge is 2.28. The molecule has 21 heavy (non-hydrogen) atoms. The van der Waals surface area contributed by atoms with Crippen molar-refractivity contribution < 1.29 is 4.39 Å². The van der Waals surface area contributed by atoms with Crippen LogP contribution < -0.4 is 5.73 Å². The van der Waals surface area contributed by atoms with Gasteiger partial charge < -0.3 is 10.3 Å². The number of nitrogen functional groups attached to an aromatic ring is 1. The summed E-state index contributed by atoms with van der Waals surface area (Å²) in [5.74, 6) is 1.40. The molecule has 0 saturated heterocycles. The van der Waals surface area contributed by atoms with E-state index in [1.165, 1.54) is 12.1 Å². The average molecular weight is 288 g/mol. The minimum absolute atomic E-state index is 0.113. The third kappa shape index (κ3) is 2.53. The van der Waals surface area contributed by atoms with Crippen molar-refractivity contribution in [1.82, 2.24) is 14.5 Å². The van der Waals surface area contributed by atoms with E-state index in [0.29, 0.717) is 5.82 Å². The summed E-state index contributed by atoms with van der Waals surface area (Å²) in [6.07, 6.45) is 0. The van der Waals surface area contributed by atoms with Crippen LogP contribution in [0.15, 0.2) is 24.3 Å². The van der Waals surface area contributed by atoms with Crippen molar-refractivity contribution in [2.24, 2.45) is 0 Å². The molecule has 0 bridgehead atoms. The van der Waals surface area contributed by atoms with Crippen LogP contribution in [-0.4, -0.2) is 26.5 Å². The minimum atomic E-state index is -0.250. The number of imidazole rings is 1.